The summed E-state index contributed by atoms with van der Waals surface area (Å²) in [7, 11) is 0. The molecule has 1 fully saturated rings. The Hall–Kier alpha value is -1.34. The van der Waals surface area contributed by atoms with E-state index < -0.39 is 0 Å². The van der Waals surface area contributed by atoms with E-state index in [0.29, 0.717) is 11.7 Å². The first-order valence-electron chi connectivity index (χ1n) is 4.43. The molecule has 4 nitrogen and oxygen atoms in total. The van der Waals surface area contributed by atoms with Crippen LogP contribution < -0.4 is 0 Å². The minimum atomic E-state index is 0.404. The molecule has 1 aromatic heterocycles. The summed E-state index contributed by atoms with van der Waals surface area (Å²) in [5.74, 6) is 0.893. The number of imidazole rings is 1. The highest BCUT2D eigenvalue weighted by atomic mass is 16.5. The van der Waals surface area contributed by atoms with Crippen LogP contribution in [0.1, 0.15) is 30.3 Å². The summed E-state index contributed by atoms with van der Waals surface area (Å²) in [4.78, 5) is 6.96. The topological polar surface area (TPSA) is 61.7 Å². The summed E-state index contributed by atoms with van der Waals surface area (Å²) >= 11 is 0. The van der Waals surface area contributed by atoms with E-state index in [2.05, 4.69) is 9.97 Å². The third-order valence-corrected chi connectivity index (χ3v) is 2.36. The van der Waals surface area contributed by atoms with E-state index in [4.69, 9.17) is 10.00 Å². The van der Waals surface area contributed by atoms with Crippen molar-refractivity contribution in [3.05, 3.63) is 17.7 Å². The zero-order chi connectivity index (χ0) is 9.10. The first-order chi connectivity index (χ1) is 6.40. The van der Waals surface area contributed by atoms with Gasteiger partial charge in [-0.25, -0.2) is 4.98 Å². The number of hydrogen-bond acceptors (Lipinski definition) is 3. The van der Waals surface area contributed by atoms with Crippen molar-refractivity contribution in [3.63, 3.8) is 0 Å². The van der Waals surface area contributed by atoms with Crippen LogP contribution in [0.5, 0.6) is 0 Å². The maximum atomic E-state index is 8.58. The Balaban J connectivity index is 2.11. The number of ether oxygens (including phenoxy) is 1. The van der Waals surface area contributed by atoms with Crippen LogP contribution in [0.3, 0.4) is 0 Å². The van der Waals surface area contributed by atoms with Crippen molar-refractivity contribution in [1.29, 1.82) is 5.26 Å². The minimum absolute atomic E-state index is 0.404. The smallest absolute Gasteiger partial charge is 0.210 e. The third-order valence-electron chi connectivity index (χ3n) is 2.36. The molecular formula is C9H11N3O. The van der Waals surface area contributed by atoms with Gasteiger partial charge in [0.2, 0.25) is 5.82 Å². The Morgan fingerprint density at radius 2 is 2.31 bits per heavy atom. The van der Waals surface area contributed by atoms with Gasteiger partial charge in [-0.05, 0) is 12.8 Å². The highest BCUT2D eigenvalue weighted by Gasteiger charge is 2.17. The molecule has 0 aliphatic carbocycles. The van der Waals surface area contributed by atoms with Crippen molar-refractivity contribution in [3.8, 4) is 6.07 Å². The van der Waals surface area contributed by atoms with Gasteiger partial charge in [0.1, 0.15) is 6.07 Å². The van der Waals surface area contributed by atoms with Crippen LogP contribution in [-0.2, 0) is 4.74 Å². The number of nitrogens with zero attached hydrogens (tertiary/aromatic N) is 2. The normalized spacial score (nSPS) is 18.4. The molecular weight excluding hydrogens is 166 g/mol. The Bertz CT molecular complexity index is 320. The maximum Gasteiger partial charge on any atom is 0.210 e. The van der Waals surface area contributed by atoms with Gasteiger partial charge in [-0.3, -0.25) is 0 Å². The van der Waals surface area contributed by atoms with Gasteiger partial charge in [0.25, 0.3) is 0 Å². The highest BCUT2D eigenvalue weighted by Crippen LogP contribution is 2.24. The van der Waals surface area contributed by atoms with E-state index in [1.54, 1.807) is 6.20 Å². The van der Waals surface area contributed by atoms with Crippen molar-refractivity contribution in [1.82, 2.24) is 9.97 Å². The number of nitriles is 1. The summed E-state index contributed by atoms with van der Waals surface area (Å²) in [5.41, 5.74) is 1.07. The zero-order valence-electron chi connectivity index (χ0n) is 7.29. The quantitative estimate of drug-likeness (QED) is 0.700. The van der Waals surface area contributed by atoms with Gasteiger partial charge in [-0.15, -0.1) is 0 Å². The Morgan fingerprint density at radius 1 is 1.54 bits per heavy atom. The molecule has 0 unspecified atom stereocenters. The van der Waals surface area contributed by atoms with Crippen molar-refractivity contribution in [2.75, 3.05) is 13.2 Å². The molecule has 1 saturated heterocycles. The van der Waals surface area contributed by atoms with Crippen molar-refractivity contribution >= 4 is 0 Å². The number of aromatic amines is 1. The second-order valence-corrected chi connectivity index (χ2v) is 3.19. The number of rotatable bonds is 1. The average Bonchev–Trinajstić information content (AvgIpc) is 2.67. The van der Waals surface area contributed by atoms with E-state index in [0.717, 1.165) is 31.7 Å². The lowest BCUT2D eigenvalue weighted by Crippen LogP contribution is -2.14. The summed E-state index contributed by atoms with van der Waals surface area (Å²) in [6.07, 6.45) is 3.80. The molecule has 0 bridgehead atoms. The van der Waals surface area contributed by atoms with Crippen molar-refractivity contribution < 1.29 is 4.74 Å². The Morgan fingerprint density at radius 3 is 2.92 bits per heavy atom. The summed E-state index contributed by atoms with van der Waals surface area (Å²) in [6, 6.07) is 1.99. The van der Waals surface area contributed by atoms with E-state index in [-0.39, 0.29) is 0 Å². The van der Waals surface area contributed by atoms with E-state index in [1.165, 1.54) is 0 Å². The van der Waals surface area contributed by atoms with E-state index in [9.17, 15) is 0 Å². The van der Waals surface area contributed by atoms with Crippen LogP contribution in [0.15, 0.2) is 6.20 Å². The number of aromatic nitrogens is 2. The third kappa shape index (κ3) is 1.70. The molecule has 0 aromatic carbocycles. The van der Waals surface area contributed by atoms with Crippen molar-refractivity contribution in [2.24, 2.45) is 0 Å². The van der Waals surface area contributed by atoms with Gasteiger partial charge < -0.3 is 9.72 Å². The molecule has 1 aliphatic rings. The predicted octanol–water partition coefficient (Wildman–Crippen LogP) is 1.18. The SMILES string of the molecule is N#Cc1ncc(C2CCOCC2)[nH]1. The average molecular weight is 177 g/mol. The predicted molar refractivity (Wildman–Crippen MR) is 46.1 cm³/mol. The van der Waals surface area contributed by atoms with E-state index >= 15 is 0 Å². The molecule has 1 aliphatic heterocycles. The minimum Gasteiger partial charge on any atom is -0.381 e. The van der Waals surface area contributed by atoms with Gasteiger partial charge in [0, 0.05) is 31.0 Å². The standard InChI is InChI=1S/C9H11N3O/c10-5-9-11-6-8(12-9)7-1-3-13-4-2-7/h6-7H,1-4H2,(H,11,12). The fraction of sp³-hybridized carbons (Fsp3) is 0.556. The van der Waals surface area contributed by atoms with Gasteiger partial charge in [0.15, 0.2) is 0 Å². The van der Waals surface area contributed by atoms with Crippen LogP contribution in [0.4, 0.5) is 0 Å². The molecule has 1 N–H and O–H groups in total. The first kappa shape index (κ1) is 8.27. The van der Waals surface area contributed by atoms with Crippen LogP contribution in [0, 0.1) is 11.3 Å². The Labute approximate surface area is 76.6 Å². The maximum absolute atomic E-state index is 8.58. The van der Waals surface area contributed by atoms with Gasteiger partial charge in [-0.2, -0.15) is 5.26 Å². The second-order valence-electron chi connectivity index (χ2n) is 3.19. The van der Waals surface area contributed by atoms with Crippen LogP contribution in [0.25, 0.3) is 0 Å². The van der Waals surface area contributed by atoms with Gasteiger partial charge in [0.05, 0.1) is 0 Å². The molecule has 0 amide bonds. The Kier molecular flexibility index (Phi) is 2.28. The lowest BCUT2D eigenvalue weighted by Gasteiger charge is -2.20. The molecule has 0 atom stereocenters. The zero-order valence-corrected chi connectivity index (χ0v) is 7.29. The summed E-state index contributed by atoms with van der Waals surface area (Å²) in [6.45, 7) is 1.62. The second kappa shape index (κ2) is 3.58. The molecule has 2 rings (SSSR count). The molecule has 1 aromatic rings. The lowest BCUT2D eigenvalue weighted by molar-refractivity contribution is 0.0846. The number of H-pyrrole nitrogens is 1. The van der Waals surface area contributed by atoms with E-state index in [1.807, 2.05) is 6.07 Å². The first-order valence-corrected chi connectivity index (χ1v) is 4.43. The number of hydrogen-bond donors (Lipinski definition) is 1. The molecule has 0 radical (unpaired) electrons. The molecule has 4 heteroatoms. The summed E-state index contributed by atoms with van der Waals surface area (Å²) < 4.78 is 5.26. The molecule has 0 saturated carbocycles. The summed E-state index contributed by atoms with van der Waals surface area (Å²) in [5, 5.41) is 8.58. The van der Waals surface area contributed by atoms with Gasteiger partial charge >= 0.3 is 0 Å². The molecule has 2 heterocycles. The van der Waals surface area contributed by atoms with Crippen LogP contribution in [-0.4, -0.2) is 23.2 Å². The molecule has 68 valence electrons. The molecule has 0 spiro atoms. The van der Waals surface area contributed by atoms with Gasteiger partial charge in [-0.1, -0.05) is 0 Å². The fourth-order valence-electron chi connectivity index (χ4n) is 1.61. The van der Waals surface area contributed by atoms with Crippen LogP contribution in [0.2, 0.25) is 0 Å². The molecule has 13 heavy (non-hydrogen) atoms. The fourth-order valence-corrected chi connectivity index (χ4v) is 1.61. The van der Waals surface area contributed by atoms with Crippen molar-refractivity contribution in [2.45, 2.75) is 18.8 Å². The lowest BCUT2D eigenvalue weighted by atomic mass is 9.97. The number of nitrogens with one attached hydrogen (secondary N) is 1. The monoisotopic (exact) mass is 177 g/mol. The van der Waals surface area contributed by atoms with Crippen LogP contribution >= 0.6 is 0 Å². The largest absolute Gasteiger partial charge is 0.381 e. The highest BCUT2D eigenvalue weighted by molar-refractivity contribution is 5.16.